The van der Waals surface area contributed by atoms with Crippen molar-refractivity contribution in [2.75, 3.05) is 26.7 Å². The average Bonchev–Trinajstić information content (AvgIpc) is 3.65. The molecule has 188 valence electrons. The van der Waals surface area contributed by atoms with Crippen molar-refractivity contribution < 1.29 is 14.3 Å². The van der Waals surface area contributed by atoms with Crippen molar-refractivity contribution in [3.05, 3.63) is 57.4 Å². The Balaban J connectivity index is 1.40. The van der Waals surface area contributed by atoms with Gasteiger partial charge in [-0.2, -0.15) is 0 Å². The molecule has 0 radical (unpaired) electrons. The Bertz CT molecular complexity index is 1100. The minimum absolute atomic E-state index is 0.0148. The third-order valence-electron chi connectivity index (χ3n) is 7.41. The molecule has 1 aliphatic carbocycles. The van der Waals surface area contributed by atoms with Crippen LogP contribution in [0, 0.1) is 19.8 Å². The van der Waals surface area contributed by atoms with Crippen LogP contribution in [0.5, 0.6) is 5.75 Å². The molecule has 0 bridgehead atoms. The number of Topliss-reactive ketones (excluding diaryl/α,β-unsaturated/α-hetero) is 1. The van der Waals surface area contributed by atoms with Gasteiger partial charge in [0.2, 0.25) is 5.91 Å². The summed E-state index contributed by atoms with van der Waals surface area (Å²) >= 11 is 6.48. The first kappa shape index (κ1) is 25.6. The quantitative estimate of drug-likeness (QED) is 0.456. The summed E-state index contributed by atoms with van der Waals surface area (Å²) in [5.74, 6) is 1.68. The summed E-state index contributed by atoms with van der Waals surface area (Å²) in [5, 5.41) is 0.634. The third-order valence-corrected chi connectivity index (χ3v) is 7.63. The molecule has 1 aliphatic heterocycles. The lowest BCUT2D eigenvalue weighted by atomic mass is 9.95. The van der Waals surface area contributed by atoms with Crippen molar-refractivity contribution in [3.63, 3.8) is 0 Å². The topological polar surface area (TPSA) is 62.7 Å². The average molecular weight is 498 g/mol. The lowest BCUT2D eigenvalue weighted by Crippen LogP contribution is -2.53. The molecule has 0 unspecified atom stereocenters. The summed E-state index contributed by atoms with van der Waals surface area (Å²) in [4.78, 5) is 34.4. The molecule has 2 heterocycles. The Labute approximate surface area is 213 Å². The SMILES string of the molecule is COc1cc(C(=O)Cc2cc(Cl)cc(CN3CCN(C(=O)CCC4CC4)[C@@H](C)C3)c2C)cnc1C. The van der Waals surface area contributed by atoms with Gasteiger partial charge in [0.15, 0.2) is 5.78 Å². The fourth-order valence-electron chi connectivity index (χ4n) is 4.96. The predicted octanol–water partition coefficient (Wildman–Crippen LogP) is 5.01. The van der Waals surface area contributed by atoms with Crippen LogP contribution in [0.1, 0.15) is 65.3 Å². The van der Waals surface area contributed by atoms with E-state index in [9.17, 15) is 9.59 Å². The van der Waals surface area contributed by atoms with Gasteiger partial charge in [-0.15, -0.1) is 0 Å². The molecule has 1 aromatic carbocycles. The van der Waals surface area contributed by atoms with Gasteiger partial charge < -0.3 is 9.64 Å². The number of amides is 1. The van der Waals surface area contributed by atoms with Crippen LogP contribution in [0.25, 0.3) is 0 Å². The number of ether oxygens (including phenoxy) is 1. The van der Waals surface area contributed by atoms with Crippen molar-refractivity contribution in [1.29, 1.82) is 0 Å². The number of carbonyl (C=O) groups is 2. The molecular formula is C28H36ClN3O3. The van der Waals surface area contributed by atoms with Gasteiger partial charge in [0.05, 0.1) is 12.8 Å². The summed E-state index contributed by atoms with van der Waals surface area (Å²) in [5.41, 5.74) is 4.43. The second-order valence-electron chi connectivity index (χ2n) is 10.1. The predicted molar refractivity (Wildman–Crippen MR) is 138 cm³/mol. The normalized spacial score (nSPS) is 18.5. The highest BCUT2D eigenvalue weighted by Crippen LogP contribution is 2.34. The van der Waals surface area contributed by atoms with Gasteiger partial charge in [-0.05, 0) is 68.0 Å². The van der Waals surface area contributed by atoms with Crippen LogP contribution in [0.2, 0.25) is 5.02 Å². The van der Waals surface area contributed by atoms with Crippen LogP contribution in [0.15, 0.2) is 24.4 Å². The number of benzene rings is 1. The number of piperazine rings is 1. The fourth-order valence-corrected chi connectivity index (χ4v) is 5.22. The van der Waals surface area contributed by atoms with Gasteiger partial charge in [0.1, 0.15) is 5.75 Å². The minimum Gasteiger partial charge on any atom is -0.495 e. The molecule has 4 rings (SSSR count). The monoisotopic (exact) mass is 497 g/mol. The molecule has 1 atom stereocenters. The van der Waals surface area contributed by atoms with Crippen molar-refractivity contribution in [3.8, 4) is 5.75 Å². The summed E-state index contributed by atoms with van der Waals surface area (Å²) < 4.78 is 5.32. The van der Waals surface area contributed by atoms with Gasteiger partial charge in [-0.3, -0.25) is 19.5 Å². The van der Waals surface area contributed by atoms with Crippen molar-refractivity contribution >= 4 is 23.3 Å². The highest BCUT2D eigenvalue weighted by atomic mass is 35.5. The number of ketones is 1. The standard InChI is InChI=1S/C28H36ClN3O3/c1-18-16-31(9-10-32(18)28(34)8-7-21-5-6-21)17-24-12-25(29)11-22(19(24)2)13-26(33)23-14-27(35-4)20(3)30-15-23/h11-12,14-15,18,21H,5-10,13,16-17H2,1-4H3/t18-/m0/s1. The molecular weight excluding hydrogens is 462 g/mol. The number of halogens is 1. The van der Waals surface area contributed by atoms with Crippen LogP contribution in [-0.4, -0.2) is 59.3 Å². The van der Waals surface area contributed by atoms with E-state index in [4.69, 9.17) is 16.3 Å². The highest BCUT2D eigenvalue weighted by molar-refractivity contribution is 6.30. The Morgan fingerprint density at radius 3 is 2.57 bits per heavy atom. The van der Waals surface area contributed by atoms with Gasteiger partial charge in [0.25, 0.3) is 0 Å². The third kappa shape index (κ3) is 6.42. The van der Waals surface area contributed by atoms with E-state index in [2.05, 4.69) is 28.6 Å². The molecule has 0 spiro atoms. The fraction of sp³-hybridized carbons (Fsp3) is 0.536. The van der Waals surface area contributed by atoms with Crippen molar-refractivity contribution in [1.82, 2.24) is 14.8 Å². The van der Waals surface area contributed by atoms with Crippen LogP contribution >= 0.6 is 11.6 Å². The molecule has 2 aliphatic rings. The van der Waals surface area contributed by atoms with E-state index in [0.717, 1.165) is 60.9 Å². The zero-order chi connectivity index (χ0) is 25.1. The Kier molecular flexibility index (Phi) is 8.12. The first-order chi connectivity index (χ1) is 16.7. The molecule has 6 nitrogen and oxygen atoms in total. The van der Waals surface area contributed by atoms with E-state index < -0.39 is 0 Å². The second kappa shape index (κ2) is 11.1. The number of rotatable bonds is 9. The van der Waals surface area contributed by atoms with E-state index in [-0.39, 0.29) is 18.2 Å². The maximum Gasteiger partial charge on any atom is 0.222 e. The molecule has 7 heteroatoms. The molecule has 35 heavy (non-hydrogen) atoms. The first-order valence-electron chi connectivity index (χ1n) is 12.6. The molecule has 0 N–H and O–H groups in total. The number of carbonyl (C=O) groups excluding carboxylic acids is 2. The van der Waals surface area contributed by atoms with E-state index in [1.807, 2.05) is 19.1 Å². The maximum atomic E-state index is 13.0. The van der Waals surface area contributed by atoms with Crippen LogP contribution in [0.3, 0.4) is 0 Å². The van der Waals surface area contributed by atoms with Gasteiger partial charge in [0, 0.05) is 61.8 Å². The van der Waals surface area contributed by atoms with Gasteiger partial charge >= 0.3 is 0 Å². The second-order valence-corrected chi connectivity index (χ2v) is 10.6. The largest absolute Gasteiger partial charge is 0.495 e. The summed E-state index contributed by atoms with van der Waals surface area (Å²) in [6.07, 6.45) is 6.17. The number of methoxy groups -OCH3 is 1. The van der Waals surface area contributed by atoms with Crippen LogP contribution in [-0.2, 0) is 17.8 Å². The molecule has 2 aromatic rings. The van der Waals surface area contributed by atoms with E-state index in [0.29, 0.717) is 28.7 Å². The van der Waals surface area contributed by atoms with Gasteiger partial charge in [-0.1, -0.05) is 24.4 Å². The van der Waals surface area contributed by atoms with E-state index in [1.165, 1.54) is 12.8 Å². The summed E-state index contributed by atoms with van der Waals surface area (Å²) in [6, 6.07) is 5.83. The van der Waals surface area contributed by atoms with E-state index in [1.54, 1.807) is 19.4 Å². The van der Waals surface area contributed by atoms with Crippen LogP contribution in [0.4, 0.5) is 0 Å². The minimum atomic E-state index is -0.0148. The molecule has 1 saturated carbocycles. The smallest absolute Gasteiger partial charge is 0.222 e. The lowest BCUT2D eigenvalue weighted by Gasteiger charge is -2.40. The number of nitrogens with zero attached hydrogens (tertiary/aromatic N) is 3. The molecule has 2 fully saturated rings. The zero-order valence-electron chi connectivity index (χ0n) is 21.3. The number of aromatic nitrogens is 1. The maximum absolute atomic E-state index is 13.0. The van der Waals surface area contributed by atoms with E-state index >= 15 is 0 Å². The Morgan fingerprint density at radius 1 is 1.14 bits per heavy atom. The number of pyridine rings is 1. The van der Waals surface area contributed by atoms with Gasteiger partial charge in [-0.25, -0.2) is 0 Å². The van der Waals surface area contributed by atoms with Crippen molar-refractivity contribution in [2.24, 2.45) is 5.92 Å². The van der Waals surface area contributed by atoms with Crippen LogP contribution < -0.4 is 4.74 Å². The number of hydrogen-bond donors (Lipinski definition) is 0. The zero-order valence-corrected chi connectivity index (χ0v) is 22.0. The lowest BCUT2D eigenvalue weighted by molar-refractivity contribution is -0.136. The van der Waals surface area contributed by atoms with Crippen molar-refractivity contribution in [2.45, 2.75) is 65.5 Å². The number of hydrogen-bond acceptors (Lipinski definition) is 5. The molecule has 1 amide bonds. The summed E-state index contributed by atoms with van der Waals surface area (Å²) in [7, 11) is 1.58. The Morgan fingerprint density at radius 2 is 1.89 bits per heavy atom. The Hall–Kier alpha value is -2.44. The molecule has 1 aromatic heterocycles. The summed E-state index contributed by atoms with van der Waals surface area (Å²) in [6.45, 7) is 9.24. The highest BCUT2D eigenvalue weighted by Gasteiger charge is 2.29. The first-order valence-corrected chi connectivity index (χ1v) is 13.0. The number of aryl methyl sites for hydroxylation is 1. The molecule has 1 saturated heterocycles.